The van der Waals surface area contributed by atoms with Crippen LogP contribution in [0.1, 0.15) is 27.7 Å². The first-order valence-corrected chi connectivity index (χ1v) is 10.5. The van der Waals surface area contributed by atoms with Gasteiger partial charge in [0.15, 0.2) is 5.13 Å². The van der Waals surface area contributed by atoms with Crippen molar-refractivity contribution in [1.29, 1.82) is 0 Å². The molecular formula is C22H18ClN3O4S. The minimum atomic E-state index is -0.901. The molecule has 1 saturated heterocycles. The maximum Gasteiger partial charge on any atom is 0.301 e. The molecule has 1 aliphatic heterocycles. The van der Waals surface area contributed by atoms with Crippen molar-refractivity contribution in [3.8, 4) is 5.75 Å². The maximum absolute atomic E-state index is 13.1. The average Bonchev–Trinajstić information content (AvgIpc) is 3.23. The molecule has 4 rings (SSSR count). The summed E-state index contributed by atoms with van der Waals surface area (Å²) < 4.78 is 5.33. The predicted molar refractivity (Wildman–Crippen MR) is 119 cm³/mol. The fourth-order valence-corrected chi connectivity index (χ4v) is 4.56. The third-order valence-corrected chi connectivity index (χ3v) is 6.39. The lowest BCUT2D eigenvalue weighted by Gasteiger charge is -2.22. The average molecular weight is 456 g/mol. The van der Waals surface area contributed by atoms with Crippen molar-refractivity contribution in [3.63, 3.8) is 0 Å². The Morgan fingerprint density at radius 2 is 2.03 bits per heavy atom. The number of ether oxygens (including phenoxy) is 1. The molecule has 158 valence electrons. The number of benzene rings is 1. The maximum atomic E-state index is 13.1. The Labute approximate surface area is 187 Å². The van der Waals surface area contributed by atoms with Gasteiger partial charge in [0.1, 0.15) is 11.5 Å². The number of hydrogen-bond donors (Lipinski definition) is 1. The van der Waals surface area contributed by atoms with Crippen LogP contribution in [-0.4, -0.2) is 33.9 Å². The van der Waals surface area contributed by atoms with E-state index in [1.165, 1.54) is 29.4 Å². The number of aryl methyl sites for hydroxylation is 2. The van der Waals surface area contributed by atoms with E-state index in [0.29, 0.717) is 21.5 Å². The molecule has 1 atom stereocenters. The Kier molecular flexibility index (Phi) is 5.51. The number of Topliss-reactive ketones (excluding diaryl/α,β-unsaturated/α-hetero) is 1. The second-order valence-corrected chi connectivity index (χ2v) is 8.56. The number of amides is 1. The highest BCUT2D eigenvalue weighted by atomic mass is 35.5. The van der Waals surface area contributed by atoms with Crippen LogP contribution in [0.5, 0.6) is 5.75 Å². The Hall–Kier alpha value is -3.23. The lowest BCUT2D eigenvalue weighted by atomic mass is 9.96. The summed E-state index contributed by atoms with van der Waals surface area (Å²) in [4.78, 5) is 37.1. The molecule has 0 aliphatic carbocycles. The lowest BCUT2D eigenvalue weighted by molar-refractivity contribution is -0.132. The molecule has 0 spiro atoms. The van der Waals surface area contributed by atoms with Crippen LogP contribution in [0.15, 0.2) is 48.3 Å². The summed E-state index contributed by atoms with van der Waals surface area (Å²) in [5.41, 5.74) is 1.47. The van der Waals surface area contributed by atoms with E-state index in [2.05, 4.69) is 9.97 Å². The smallest absolute Gasteiger partial charge is 0.301 e. The van der Waals surface area contributed by atoms with Gasteiger partial charge in [-0.05, 0) is 43.7 Å². The van der Waals surface area contributed by atoms with Crippen LogP contribution in [0.4, 0.5) is 5.13 Å². The van der Waals surface area contributed by atoms with E-state index in [1.54, 1.807) is 36.7 Å². The number of rotatable bonds is 4. The van der Waals surface area contributed by atoms with Gasteiger partial charge in [-0.15, -0.1) is 11.3 Å². The first kappa shape index (κ1) is 21.0. The second-order valence-electron chi connectivity index (χ2n) is 6.94. The summed E-state index contributed by atoms with van der Waals surface area (Å²) in [6, 6.07) is 7.22. The number of nitrogens with zero attached hydrogens (tertiary/aromatic N) is 3. The molecule has 1 aromatic carbocycles. The molecule has 0 bridgehead atoms. The van der Waals surface area contributed by atoms with Crippen molar-refractivity contribution in [1.82, 2.24) is 9.97 Å². The quantitative estimate of drug-likeness (QED) is 0.355. The third kappa shape index (κ3) is 3.58. The predicted octanol–water partition coefficient (Wildman–Crippen LogP) is 4.44. The van der Waals surface area contributed by atoms with Crippen LogP contribution in [-0.2, 0) is 9.59 Å². The standard InChI is InChI=1S/C22H18ClN3O4S/c1-11-12(2)31-22(25-11)26-18(13-5-4-8-24-10-13)17(20(28)21(26)29)19(27)15-9-14(23)6-7-16(15)30-3/h4-10,18,27H,1-3H3. The van der Waals surface area contributed by atoms with Crippen LogP contribution in [0.2, 0.25) is 5.02 Å². The van der Waals surface area contributed by atoms with E-state index in [-0.39, 0.29) is 16.9 Å². The molecule has 31 heavy (non-hydrogen) atoms. The molecule has 9 heteroatoms. The Balaban J connectivity index is 1.98. The number of halogens is 1. The molecule has 0 radical (unpaired) electrons. The Morgan fingerprint density at radius 3 is 2.65 bits per heavy atom. The summed E-state index contributed by atoms with van der Waals surface area (Å²) in [7, 11) is 1.44. The molecule has 3 aromatic rings. The van der Waals surface area contributed by atoms with E-state index in [4.69, 9.17) is 16.3 Å². The van der Waals surface area contributed by atoms with E-state index in [9.17, 15) is 14.7 Å². The SMILES string of the molecule is COc1ccc(Cl)cc1C(O)=C1C(=O)C(=O)N(c2nc(C)c(C)s2)C1c1cccnc1. The number of hydrogen-bond acceptors (Lipinski definition) is 7. The van der Waals surface area contributed by atoms with Crippen LogP contribution < -0.4 is 9.64 Å². The molecule has 1 amide bonds. The number of thiazole rings is 1. The monoisotopic (exact) mass is 455 g/mol. The van der Waals surface area contributed by atoms with Crippen LogP contribution in [0.25, 0.3) is 5.76 Å². The fourth-order valence-electron chi connectivity index (χ4n) is 3.45. The number of carbonyl (C=O) groups excluding carboxylic acids is 2. The number of pyridine rings is 1. The third-order valence-electron chi connectivity index (χ3n) is 5.08. The normalized spacial score (nSPS) is 17.9. The molecular weight excluding hydrogens is 438 g/mol. The van der Waals surface area contributed by atoms with Crippen molar-refractivity contribution >= 4 is 45.5 Å². The highest BCUT2D eigenvalue weighted by Crippen LogP contribution is 2.44. The van der Waals surface area contributed by atoms with Crippen molar-refractivity contribution in [3.05, 3.63) is 75.0 Å². The zero-order valence-electron chi connectivity index (χ0n) is 16.9. The number of anilines is 1. The van der Waals surface area contributed by atoms with Gasteiger partial charge in [-0.25, -0.2) is 4.98 Å². The number of aliphatic hydroxyl groups is 1. The van der Waals surface area contributed by atoms with E-state index >= 15 is 0 Å². The van der Waals surface area contributed by atoms with Gasteiger partial charge < -0.3 is 9.84 Å². The number of methoxy groups -OCH3 is 1. The fraction of sp³-hybridized carbons (Fsp3) is 0.182. The second kappa shape index (κ2) is 8.13. The van der Waals surface area contributed by atoms with Crippen LogP contribution in [0, 0.1) is 13.8 Å². The molecule has 1 unspecified atom stereocenters. The highest BCUT2D eigenvalue weighted by molar-refractivity contribution is 7.16. The number of ketones is 1. The van der Waals surface area contributed by atoms with Crippen molar-refractivity contribution in [2.75, 3.05) is 12.0 Å². The summed E-state index contributed by atoms with van der Waals surface area (Å²) >= 11 is 7.42. The zero-order valence-corrected chi connectivity index (χ0v) is 18.5. The molecule has 7 nitrogen and oxygen atoms in total. The molecule has 1 fully saturated rings. The summed E-state index contributed by atoms with van der Waals surface area (Å²) in [5.74, 6) is -1.65. The topological polar surface area (TPSA) is 92.6 Å². The van der Waals surface area contributed by atoms with Gasteiger partial charge in [0.25, 0.3) is 5.78 Å². The van der Waals surface area contributed by atoms with Gasteiger partial charge >= 0.3 is 5.91 Å². The Bertz CT molecular complexity index is 1200. The van der Waals surface area contributed by atoms with Crippen LogP contribution >= 0.6 is 22.9 Å². The van der Waals surface area contributed by atoms with Gasteiger partial charge in [-0.2, -0.15) is 0 Å². The first-order valence-electron chi connectivity index (χ1n) is 9.32. The van der Waals surface area contributed by atoms with E-state index in [0.717, 1.165) is 10.6 Å². The highest BCUT2D eigenvalue weighted by Gasteiger charge is 2.48. The van der Waals surface area contributed by atoms with Gasteiger partial charge in [-0.3, -0.25) is 19.5 Å². The van der Waals surface area contributed by atoms with Crippen LogP contribution in [0.3, 0.4) is 0 Å². The van der Waals surface area contributed by atoms with Gasteiger partial charge in [0.2, 0.25) is 0 Å². The van der Waals surface area contributed by atoms with Crippen molar-refractivity contribution in [2.45, 2.75) is 19.9 Å². The van der Waals surface area contributed by atoms with E-state index in [1.807, 2.05) is 13.8 Å². The van der Waals surface area contributed by atoms with Gasteiger partial charge in [0, 0.05) is 22.3 Å². The largest absolute Gasteiger partial charge is 0.507 e. The Morgan fingerprint density at radius 1 is 1.26 bits per heavy atom. The molecule has 0 saturated carbocycles. The summed E-state index contributed by atoms with van der Waals surface area (Å²) in [6.45, 7) is 3.73. The minimum Gasteiger partial charge on any atom is -0.507 e. The molecule has 1 N–H and O–H groups in total. The molecule has 1 aliphatic rings. The number of aromatic nitrogens is 2. The van der Waals surface area contributed by atoms with E-state index < -0.39 is 17.7 Å². The first-order chi connectivity index (χ1) is 14.8. The van der Waals surface area contributed by atoms with Gasteiger partial charge in [-0.1, -0.05) is 17.7 Å². The minimum absolute atomic E-state index is 0.0796. The van der Waals surface area contributed by atoms with Crippen molar-refractivity contribution < 1.29 is 19.4 Å². The summed E-state index contributed by atoms with van der Waals surface area (Å²) in [6.07, 6.45) is 3.15. The van der Waals surface area contributed by atoms with Crippen molar-refractivity contribution in [2.24, 2.45) is 0 Å². The zero-order chi connectivity index (χ0) is 22.3. The van der Waals surface area contributed by atoms with Gasteiger partial charge in [0.05, 0.1) is 30.0 Å². The number of carbonyl (C=O) groups is 2. The lowest BCUT2D eigenvalue weighted by Crippen LogP contribution is -2.29. The number of aliphatic hydroxyl groups excluding tert-OH is 1. The molecule has 2 aromatic heterocycles. The molecule has 3 heterocycles. The summed E-state index contributed by atoms with van der Waals surface area (Å²) in [5, 5.41) is 11.9.